The number of thioether (sulfide) groups is 1. The molecule has 0 saturated heterocycles. The van der Waals surface area contributed by atoms with Gasteiger partial charge >= 0.3 is 0 Å². The van der Waals surface area contributed by atoms with Crippen LogP contribution in [0.3, 0.4) is 0 Å². The summed E-state index contributed by atoms with van der Waals surface area (Å²) in [6.07, 6.45) is 0. The maximum absolute atomic E-state index is 5.42. The summed E-state index contributed by atoms with van der Waals surface area (Å²) in [4.78, 5) is 2.11. The van der Waals surface area contributed by atoms with E-state index >= 15 is 0 Å². The van der Waals surface area contributed by atoms with Crippen molar-refractivity contribution in [2.24, 2.45) is 0 Å². The van der Waals surface area contributed by atoms with E-state index in [1.54, 1.807) is 11.8 Å². The zero-order chi connectivity index (χ0) is 9.97. The Labute approximate surface area is 93.0 Å². The van der Waals surface area contributed by atoms with Gasteiger partial charge in [-0.15, -0.1) is 11.8 Å². The molecule has 4 heteroatoms. The van der Waals surface area contributed by atoms with Gasteiger partial charge in [-0.25, -0.2) is 0 Å². The second-order valence-corrected chi connectivity index (χ2v) is 4.44. The first-order valence-electron chi connectivity index (χ1n) is 4.49. The smallest absolute Gasteiger partial charge is 0.120 e. The topological polar surface area (TPSA) is 21.3 Å². The van der Waals surface area contributed by atoms with Crippen LogP contribution in [-0.2, 0) is 0 Å². The lowest BCUT2D eigenvalue weighted by atomic mass is 10.3. The van der Waals surface area contributed by atoms with Crippen LogP contribution < -0.4 is 10.1 Å². The van der Waals surface area contributed by atoms with Crippen molar-refractivity contribution in [1.29, 1.82) is 0 Å². The Balaban J connectivity index is 2.26. The van der Waals surface area contributed by atoms with Gasteiger partial charge in [0.05, 0.1) is 17.3 Å². The van der Waals surface area contributed by atoms with Crippen molar-refractivity contribution in [3.63, 3.8) is 0 Å². The van der Waals surface area contributed by atoms with Crippen molar-refractivity contribution in [2.45, 2.75) is 11.8 Å². The third kappa shape index (κ3) is 2.01. The SMILES string of the molecule is CCOc1ccc2c(c1)SCC(=S)N2. The van der Waals surface area contributed by atoms with E-state index in [0.29, 0.717) is 6.61 Å². The number of hydrogen-bond acceptors (Lipinski definition) is 3. The van der Waals surface area contributed by atoms with E-state index in [2.05, 4.69) is 11.4 Å². The summed E-state index contributed by atoms with van der Waals surface area (Å²) in [5.41, 5.74) is 1.09. The summed E-state index contributed by atoms with van der Waals surface area (Å²) in [7, 11) is 0. The van der Waals surface area contributed by atoms with Crippen LogP contribution in [0.4, 0.5) is 5.69 Å². The fourth-order valence-corrected chi connectivity index (χ4v) is 2.43. The monoisotopic (exact) mass is 225 g/mol. The van der Waals surface area contributed by atoms with Crippen molar-refractivity contribution in [3.8, 4) is 5.75 Å². The fraction of sp³-hybridized carbons (Fsp3) is 0.300. The molecule has 1 aliphatic rings. The molecule has 2 nitrogen and oxygen atoms in total. The minimum absolute atomic E-state index is 0.704. The molecule has 1 aromatic rings. The van der Waals surface area contributed by atoms with Crippen molar-refractivity contribution in [1.82, 2.24) is 0 Å². The molecule has 74 valence electrons. The first-order chi connectivity index (χ1) is 6.79. The van der Waals surface area contributed by atoms with Gasteiger partial charge in [0.25, 0.3) is 0 Å². The molecule has 0 aromatic heterocycles. The third-order valence-electron chi connectivity index (χ3n) is 1.90. The molecule has 1 aromatic carbocycles. The summed E-state index contributed by atoms with van der Waals surface area (Å²) in [6, 6.07) is 6.03. The molecule has 0 spiro atoms. The summed E-state index contributed by atoms with van der Waals surface area (Å²) in [6.45, 7) is 2.69. The van der Waals surface area contributed by atoms with Crippen LogP contribution in [0.1, 0.15) is 6.92 Å². The van der Waals surface area contributed by atoms with Gasteiger partial charge in [-0.2, -0.15) is 0 Å². The van der Waals surface area contributed by atoms with Crippen LogP contribution in [0.15, 0.2) is 23.1 Å². The normalized spacial score (nSPS) is 14.5. The first-order valence-corrected chi connectivity index (χ1v) is 5.88. The second kappa shape index (κ2) is 4.19. The maximum Gasteiger partial charge on any atom is 0.120 e. The van der Waals surface area contributed by atoms with Gasteiger partial charge in [0.2, 0.25) is 0 Å². The summed E-state index contributed by atoms with van der Waals surface area (Å²) >= 11 is 6.86. The van der Waals surface area contributed by atoms with Crippen LogP contribution in [0, 0.1) is 0 Å². The Bertz CT molecular complexity index is 365. The van der Waals surface area contributed by atoms with E-state index in [9.17, 15) is 0 Å². The molecule has 0 aliphatic carbocycles. The third-order valence-corrected chi connectivity index (χ3v) is 3.41. The largest absolute Gasteiger partial charge is 0.494 e. The molecule has 1 heterocycles. The summed E-state index contributed by atoms with van der Waals surface area (Å²) in [5.74, 6) is 1.78. The lowest BCUT2D eigenvalue weighted by Crippen LogP contribution is -2.16. The highest BCUT2D eigenvalue weighted by Crippen LogP contribution is 2.34. The van der Waals surface area contributed by atoms with E-state index in [1.165, 1.54) is 4.90 Å². The lowest BCUT2D eigenvalue weighted by Gasteiger charge is -2.18. The average Bonchev–Trinajstić information content (AvgIpc) is 2.19. The molecular formula is C10H11NOS2. The zero-order valence-corrected chi connectivity index (χ0v) is 9.50. The Hall–Kier alpha value is -0.740. The van der Waals surface area contributed by atoms with Gasteiger partial charge in [-0.1, -0.05) is 12.2 Å². The molecule has 0 atom stereocenters. The summed E-state index contributed by atoms with van der Waals surface area (Å²) in [5, 5.41) is 3.18. The number of anilines is 1. The van der Waals surface area contributed by atoms with Crippen LogP contribution in [0.25, 0.3) is 0 Å². The Morgan fingerprint density at radius 2 is 2.43 bits per heavy atom. The molecule has 1 N–H and O–H groups in total. The van der Waals surface area contributed by atoms with E-state index in [0.717, 1.165) is 22.2 Å². The number of thiocarbonyl (C=S) groups is 1. The number of hydrogen-bond donors (Lipinski definition) is 1. The predicted molar refractivity (Wildman–Crippen MR) is 64.6 cm³/mol. The van der Waals surface area contributed by atoms with Crippen LogP contribution in [0.2, 0.25) is 0 Å². The zero-order valence-electron chi connectivity index (χ0n) is 7.87. The van der Waals surface area contributed by atoms with Gasteiger partial charge in [-0.3, -0.25) is 0 Å². The molecule has 2 rings (SSSR count). The fourth-order valence-electron chi connectivity index (χ4n) is 1.31. The van der Waals surface area contributed by atoms with Gasteiger partial charge in [0.15, 0.2) is 0 Å². The molecule has 0 saturated carbocycles. The van der Waals surface area contributed by atoms with Crippen molar-refractivity contribution in [2.75, 3.05) is 17.7 Å². The van der Waals surface area contributed by atoms with E-state index in [1.807, 2.05) is 19.1 Å². The van der Waals surface area contributed by atoms with Gasteiger partial charge in [-0.05, 0) is 25.1 Å². The molecule has 0 amide bonds. The molecule has 14 heavy (non-hydrogen) atoms. The predicted octanol–water partition coefficient (Wildman–Crippen LogP) is 2.93. The van der Waals surface area contributed by atoms with E-state index in [4.69, 9.17) is 17.0 Å². The number of nitrogens with one attached hydrogen (secondary N) is 1. The Morgan fingerprint density at radius 1 is 1.57 bits per heavy atom. The highest BCUT2D eigenvalue weighted by atomic mass is 32.2. The van der Waals surface area contributed by atoms with Gasteiger partial charge < -0.3 is 10.1 Å². The van der Waals surface area contributed by atoms with E-state index in [-0.39, 0.29) is 0 Å². The quantitative estimate of drug-likeness (QED) is 0.781. The second-order valence-electron chi connectivity index (χ2n) is 2.93. The van der Waals surface area contributed by atoms with Gasteiger partial charge in [0, 0.05) is 10.6 Å². The molecule has 0 radical (unpaired) electrons. The van der Waals surface area contributed by atoms with Crippen LogP contribution in [0.5, 0.6) is 5.75 Å². The average molecular weight is 225 g/mol. The number of fused-ring (bicyclic) bond motifs is 1. The minimum Gasteiger partial charge on any atom is -0.494 e. The van der Waals surface area contributed by atoms with Crippen molar-refractivity contribution < 1.29 is 4.74 Å². The Morgan fingerprint density at radius 3 is 3.21 bits per heavy atom. The molecule has 0 bridgehead atoms. The first kappa shape index (κ1) is 9.80. The number of benzene rings is 1. The number of ether oxygens (including phenoxy) is 1. The summed E-state index contributed by atoms with van der Waals surface area (Å²) < 4.78 is 5.42. The molecular weight excluding hydrogens is 214 g/mol. The van der Waals surface area contributed by atoms with Crippen molar-refractivity contribution in [3.05, 3.63) is 18.2 Å². The van der Waals surface area contributed by atoms with Crippen molar-refractivity contribution >= 4 is 34.7 Å². The highest BCUT2D eigenvalue weighted by molar-refractivity contribution is 8.01. The molecule has 1 aliphatic heterocycles. The Kier molecular flexibility index (Phi) is 2.93. The number of rotatable bonds is 2. The van der Waals surface area contributed by atoms with Crippen LogP contribution in [-0.4, -0.2) is 17.3 Å². The van der Waals surface area contributed by atoms with Crippen LogP contribution >= 0.6 is 24.0 Å². The minimum atomic E-state index is 0.704. The standard InChI is InChI=1S/C10H11NOS2/c1-2-12-7-3-4-8-9(5-7)14-6-10(13)11-8/h3-5H,2,6H2,1H3,(H,11,13). The molecule has 0 fully saturated rings. The highest BCUT2D eigenvalue weighted by Gasteiger charge is 2.12. The maximum atomic E-state index is 5.42. The lowest BCUT2D eigenvalue weighted by molar-refractivity contribution is 0.339. The van der Waals surface area contributed by atoms with Gasteiger partial charge in [0.1, 0.15) is 5.75 Å². The molecule has 0 unspecified atom stereocenters. The van der Waals surface area contributed by atoms with E-state index < -0.39 is 0 Å².